The highest BCUT2D eigenvalue weighted by atomic mass is 16.1. The van der Waals surface area contributed by atoms with Crippen LogP contribution in [-0.4, -0.2) is 5.78 Å². The van der Waals surface area contributed by atoms with E-state index in [1.807, 2.05) is 0 Å². The molecule has 0 heterocycles. The maximum absolute atomic E-state index is 11.7. The van der Waals surface area contributed by atoms with Gasteiger partial charge in [-0.1, -0.05) is 31.2 Å². The summed E-state index contributed by atoms with van der Waals surface area (Å²) < 4.78 is 0. The summed E-state index contributed by atoms with van der Waals surface area (Å²) >= 11 is 0. The van der Waals surface area contributed by atoms with Crippen LogP contribution < -0.4 is 0 Å². The van der Waals surface area contributed by atoms with Gasteiger partial charge >= 0.3 is 0 Å². The van der Waals surface area contributed by atoms with E-state index in [0.29, 0.717) is 23.5 Å². The maximum atomic E-state index is 11.7. The van der Waals surface area contributed by atoms with E-state index >= 15 is 0 Å². The van der Waals surface area contributed by atoms with Gasteiger partial charge in [0.05, 0.1) is 0 Å². The predicted octanol–water partition coefficient (Wildman–Crippen LogP) is 4.79. The summed E-state index contributed by atoms with van der Waals surface area (Å²) in [6, 6.07) is 0. The number of carbonyl (C=O) groups excluding carboxylic acids is 1. The van der Waals surface area contributed by atoms with Crippen LogP contribution in [-0.2, 0) is 4.79 Å². The minimum absolute atomic E-state index is 0.352. The zero-order valence-corrected chi connectivity index (χ0v) is 13.0. The van der Waals surface area contributed by atoms with Gasteiger partial charge in [-0.3, -0.25) is 0 Å². The summed E-state index contributed by atoms with van der Waals surface area (Å²) in [6.07, 6.45) is 6.94. The SMILES string of the molecule is C=C1CC[C@@H]2C(=C)CC[C@H]3[C@H]2[C@@H]1[C@H](CC(C)=O)C[C@@H]3C. The van der Waals surface area contributed by atoms with E-state index in [2.05, 4.69) is 20.1 Å². The molecular formula is C19H28O. The van der Waals surface area contributed by atoms with Gasteiger partial charge in [0.1, 0.15) is 5.78 Å². The summed E-state index contributed by atoms with van der Waals surface area (Å²) in [5.74, 6) is 4.55. The molecule has 20 heavy (non-hydrogen) atoms. The van der Waals surface area contributed by atoms with Crippen LogP contribution in [0.2, 0.25) is 0 Å². The Bertz CT molecular complexity index is 447. The molecule has 1 nitrogen and oxygen atoms in total. The van der Waals surface area contributed by atoms with Crippen LogP contribution in [0.5, 0.6) is 0 Å². The van der Waals surface area contributed by atoms with Crippen LogP contribution in [0.3, 0.4) is 0 Å². The van der Waals surface area contributed by atoms with Gasteiger partial charge in [0.25, 0.3) is 0 Å². The minimum Gasteiger partial charge on any atom is -0.300 e. The smallest absolute Gasteiger partial charge is 0.130 e. The lowest BCUT2D eigenvalue weighted by Crippen LogP contribution is -2.48. The quantitative estimate of drug-likeness (QED) is 0.661. The highest BCUT2D eigenvalue weighted by molar-refractivity contribution is 5.75. The van der Waals surface area contributed by atoms with E-state index in [-0.39, 0.29) is 0 Å². The van der Waals surface area contributed by atoms with E-state index < -0.39 is 0 Å². The maximum Gasteiger partial charge on any atom is 0.130 e. The van der Waals surface area contributed by atoms with Gasteiger partial charge in [-0.25, -0.2) is 0 Å². The Morgan fingerprint density at radius 2 is 1.90 bits per heavy atom. The van der Waals surface area contributed by atoms with Crippen LogP contribution in [0, 0.1) is 35.5 Å². The Labute approximate surface area is 123 Å². The highest BCUT2D eigenvalue weighted by Gasteiger charge is 2.51. The first kappa shape index (κ1) is 14.1. The molecule has 0 unspecified atom stereocenters. The third-order valence-electron chi connectivity index (χ3n) is 6.41. The fraction of sp³-hybridized carbons (Fsp3) is 0.737. The Morgan fingerprint density at radius 1 is 1.20 bits per heavy atom. The fourth-order valence-electron chi connectivity index (χ4n) is 5.68. The second kappa shape index (κ2) is 5.16. The van der Waals surface area contributed by atoms with Crippen molar-refractivity contribution in [2.45, 2.75) is 52.4 Å². The van der Waals surface area contributed by atoms with Gasteiger partial charge in [0.2, 0.25) is 0 Å². The number of Topliss-reactive ketones (excluding diaryl/α,β-unsaturated/α-hetero) is 1. The normalized spacial score (nSPS) is 44.1. The molecule has 3 rings (SSSR count). The molecule has 3 aliphatic rings. The molecule has 110 valence electrons. The molecule has 0 N–H and O–H groups in total. The fourth-order valence-corrected chi connectivity index (χ4v) is 5.68. The summed E-state index contributed by atoms with van der Waals surface area (Å²) in [6.45, 7) is 12.9. The highest BCUT2D eigenvalue weighted by Crippen LogP contribution is 2.59. The lowest BCUT2D eigenvalue weighted by molar-refractivity contribution is -0.119. The van der Waals surface area contributed by atoms with Crippen LogP contribution in [0.25, 0.3) is 0 Å². The standard InChI is InChI=1S/C19H28O/c1-11-5-7-17-13(3)9-15(10-14(4)20)18-12(2)6-8-16(11)19(17)18/h13,15-19H,1-2,5-10H2,3-4H3/t13-,15-,16+,17+,18-,19-/m0/s1. The largest absolute Gasteiger partial charge is 0.300 e. The van der Waals surface area contributed by atoms with Crippen LogP contribution in [0.4, 0.5) is 0 Å². The molecule has 0 bridgehead atoms. The van der Waals surface area contributed by atoms with E-state index in [0.717, 1.165) is 30.6 Å². The first-order chi connectivity index (χ1) is 9.49. The van der Waals surface area contributed by atoms with Gasteiger partial charge in [0, 0.05) is 6.42 Å². The minimum atomic E-state index is 0.352. The predicted molar refractivity (Wildman–Crippen MR) is 83.3 cm³/mol. The molecule has 0 aromatic rings. The lowest BCUT2D eigenvalue weighted by atomic mass is 9.49. The zero-order valence-electron chi connectivity index (χ0n) is 13.0. The second-order valence-electron chi connectivity index (χ2n) is 7.65. The Kier molecular flexibility index (Phi) is 3.64. The number of ketones is 1. The Morgan fingerprint density at radius 3 is 2.60 bits per heavy atom. The average Bonchev–Trinajstić information content (AvgIpc) is 2.36. The third-order valence-corrected chi connectivity index (χ3v) is 6.41. The van der Waals surface area contributed by atoms with E-state index in [1.165, 1.54) is 36.8 Å². The first-order valence-corrected chi connectivity index (χ1v) is 8.33. The molecule has 0 saturated heterocycles. The van der Waals surface area contributed by atoms with Gasteiger partial charge in [0.15, 0.2) is 0 Å². The molecule has 0 radical (unpaired) electrons. The van der Waals surface area contributed by atoms with Crippen LogP contribution in [0.1, 0.15) is 52.4 Å². The van der Waals surface area contributed by atoms with Gasteiger partial charge in [-0.2, -0.15) is 0 Å². The van der Waals surface area contributed by atoms with Crippen LogP contribution in [0.15, 0.2) is 24.3 Å². The molecule has 6 atom stereocenters. The zero-order chi connectivity index (χ0) is 14.4. The Balaban J connectivity index is 1.94. The van der Waals surface area contributed by atoms with Crippen molar-refractivity contribution in [2.75, 3.05) is 0 Å². The van der Waals surface area contributed by atoms with Crippen molar-refractivity contribution in [3.05, 3.63) is 24.3 Å². The first-order valence-electron chi connectivity index (χ1n) is 8.33. The number of rotatable bonds is 2. The number of allylic oxidation sites excluding steroid dienone is 2. The average molecular weight is 272 g/mol. The molecule has 0 aliphatic heterocycles. The van der Waals surface area contributed by atoms with E-state index in [1.54, 1.807) is 6.92 Å². The van der Waals surface area contributed by atoms with Crippen molar-refractivity contribution in [1.82, 2.24) is 0 Å². The van der Waals surface area contributed by atoms with Crippen molar-refractivity contribution in [2.24, 2.45) is 35.5 Å². The van der Waals surface area contributed by atoms with Crippen molar-refractivity contribution >= 4 is 5.78 Å². The number of hydrogen-bond donors (Lipinski definition) is 0. The lowest BCUT2D eigenvalue weighted by Gasteiger charge is -2.56. The van der Waals surface area contributed by atoms with Crippen LogP contribution >= 0.6 is 0 Å². The van der Waals surface area contributed by atoms with Gasteiger partial charge < -0.3 is 4.79 Å². The molecule has 3 saturated carbocycles. The van der Waals surface area contributed by atoms with E-state index in [4.69, 9.17) is 0 Å². The molecular weight excluding hydrogens is 244 g/mol. The van der Waals surface area contributed by atoms with Crippen molar-refractivity contribution in [3.8, 4) is 0 Å². The van der Waals surface area contributed by atoms with Gasteiger partial charge in [-0.15, -0.1) is 0 Å². The molecule has 3 aliphatic carbocycles. The molecule has 0 aromatic heterocycles. The molecule has 1 heteroatoms. The second-order valence-corrected chi connectivity index (χ2v) is 7.65. The molecule has 0 spiro atoms. The van der Waals surface area contributed by atoms with E-state index in [9.17, 15) is 4.79 Å². The summed E-state index contributed by atoms with van der Waals surface area (Å²) in [7, 11) is 0. The molecule has 0 amide bonds. The van der Waals surface area contributed by atoms with Crippen molar-refractivity contribution in [3.63, 3.8) is 0 Å². The van der Waals surface area contributed by atoms with Crippen molar-refractivity contribution in [1.29, 1.82) is 0 Å². The molecule has 0 aromatic carbocycles. The topological polar surface area (TPSA) is 17.1 Å². The van der Waals surface area contributed by atoms with Crippen molar-refractivity contribution < 1.29 is 4.79 Å². The monoisotopic (exact) mass is 272 g/mol. The molecule has 3 fully saturated rings. The number of hydrogen-bond acceptors (Lipinski definition) is 1. The summed E-state index contributed by atoms with van der Waals surface area (Å²) in [5.41, 5.74) is 2.92. The summed E-state index contributed by atoms with van der Waals surface area (Å²) in [4.78, 5) is 11.7. The number of carbonyl (C=O) groups is 1. The Hall–Kier alpha value is -0.850. The third kappa shape index (κ3) is 2.19. The van der Waals surface area contributed by atoms with Gasteiger partial charge in [-0.05, 0) is 74.5 Å². The summed E-state index contributed by atoms with van der Waals surface area (Å²) in [5, 5.41) is 0.